The molecule has 0 saturated carbocycles. The molecule has 1 N–H and O–H groups in total. The second-order valence-corrected chi connectivity index (χ2v) is 5.39. The Bertz CT molecular complexity index is 837. The van der Waals surface area contributed by atoms with E-state index in [2.05, 4.69) is 25.5 Å². The molecule has 0 spiro atoms. The summed E-state index contributed by atoms with van der Waals surface area (Å²) in [5.74, 6) is 0.382. The second-order valence-electron chi connectivity index (χ2n) is 4.54. The minimum absolute atomic E-state index is 0.382. The predicted molar refractivity (Wildman–Crippen MR) is 92.9 cm³/mol. The molecule has 114 valence electrons. The average molecular weight is 344 g/mol. The van der Waals surface area contributed by atoms with Gasteiger partial charge in [0.05, 0.1) is 16.9 Å². The van der Waals surface area contributed by atoms with Gasteiger partial charge in [-0.05, 0) is 30.3 Å². The van der Waals surface area contributed by atoms with E-state index in [1.165, 1.54) is 0 Å². The van der Waals surface area contributed by atoms with Crippen LogP contribution in [0, 0.1) is 0 Å². The summed E-state index contributed by atoms with van der Waals surface area (Å²) in [6.07, 6.45) is 6.69. The number of hydrazone groups is 1. The number of nitrogens with one attached hydrogen (secondary N) is 1. The number of benzene rings is 1. The summed E-state index contributed by atoms with van der Waals surface area (Å²) in [5.41, 5.74) is 5.19. The predicted octanol–water partition coefficient (Wildman–Crippen LogP) is 4.29. The van der Waals surface area contributed by atoms with Crippen molar-refractivity contribution in [2.75, 3.05) is 5.43 Å². The zero-order valence-electron chi connectivity index (χ0n) is 11.8. The first kappa shape index (κ1) is 15.4. The first-order valence-corrected chi connectivity index (χ1v) is 7.45. The van der Waals surface area contributed by atoms with Gasteiger partial charge in [-0.2, -0.15) is 5.10 Å². The molecule has 2 heterocycles. The fourth-order valence-corrected chi connectivity index (χ4v) is 2.31. The lowest BCUT2D eigenvalue weighted by atomic mass is 10.2. The molecule has 0 unspecified atom stereocenters. The molecule has 7 heteroatoms. The zero-order valence-corrected chi connectivity index (χ0v) is 13.3. The van der Waals surface area contributed by atoms with E-state index in [1.807, 2.05) is 18.2 Å². The lowest BCUT2D eigenvalue weighted by Gasteiger charge is -2.03. The van der Waals surface area contributed by atoms with Gasteiger partial charge >= 0.3 is 0 Å². The summed E-state index contributed by atoms with van der Waals surface area (Å²) in [4.78, 5) is 12.6. The molecule has 2 aromatic heterocycles. The number of rotatable bonds is 4. The highest BCUT2D eigenvalue weighted by Gasteiger charge is 2.02. The van der Waals surface area contributed by atoms with Crippen LogP contribution in [-0.4, -0.2) is 21.2 Å². The van der Waals surface area contributed by atoms with E-state index >= 15 is 0 Å². The van der Waals surface area contributed by atoms with E-state index in [0.29, 0.717) is 16.0 Å². The van der Waals surface area contributed by atoms with Crippen LogP contribution in [0.4, 0.5) is 5.95 Å². The highest BCUT2D eigenvalue weighted by atomic mass is 35.5. The van der Waals surface area contributed by atoms with E-state index in [1.54, 1.807) is 43.0 Å². The molecule has 0 aliphatic carbocycles. The number of hydrogen-bond acceptors (Lipinski definition) is 5. The highest BCUT2D eigenvalue weighted by Crippen LogP contribution is 2.19. The summed E-state index contributed by atoms with van der Waals surface area (Å²) >= 11 is 11.9. The molecule has 0 saturated heterocycles. The lowest BCUT2D eigenvalue weighted by molar-refractivity contribution is 1.12. The second kappa shape index (κ2) is 7.17. The van der Waals surface area contributed by atoms with Crippen molar-refractivity contribution in [3.8, 4) is 11.3 Å². The van der Waals surface area contributed by atoms with Gasteiger partial charge in [-0.15, -0.1) is 0 Å². The zero-order chi connectivity index (χ0) is 16.1. The van der Waals surface area contributed by atoms with Crippen molar-refractivity contribution in [3.05, 3.63) is 70.6 Å². The van der Waals surface area contributed by atoms with Gasteiger partial charge in [-0.25, -0.2) is 15.4 Å². The van der Waals surface area contributed by atoms with Crippen LogP contribution in [-0.2, 0) is 0 Å². The molecule has 3 aromatic rings. The Kier molecular flexibility index (Phi) is 4.80. The maximum absolute atomic E-state index is 6.07. The van der Waals surface area contributed by atoms with E-state index in [-0.39, 0.29) is 0 Å². The molecular weight excluding hydrogens is 333 g/mol. The van der Waals surface area contributed by atoms with Gasteiger partial charge in [0.15, 0.2) is 0 Å². The van der Waals surface area contributed by atoms with E-state index in [9.17, 15) is 0 Å². The van der Waals surface area contributed by atoms with Gasteiger partial charge in [-0.1, -0.05) is 29.3 Å². The van der Waals surface area contributed by atoms with Crippen molar-refractivity contribution in [2.45, 2.75) is 0 Å². The first-order chi connectivity index (χ1) is 11.2. The molecule has 0 amide bonds. The Hall–Kier alpha value is -2.50. The van der Waals surface area contributed by atoms with Gasteiger partial charge in [-0.3, -0.25) is 4.98 Å². The molecule has 5 nitrogen and oxygen atoms in total. The number of nitrogens with zero attached hydrogens (tertiary/aromatic N) is 4. The summed E-state index contributed by atoms with van der Waals surface area (Å²) in [6, 6.07) is 10.8. The summed E-state index contributed by atoms with van der Waals surface area (Å²) in [6.45, 7) is 0. The molecule has 0 bridgehead atoms. The Balaban J connectivity index is 1.75. The van der Waals surface area contributed by atoms with Crippen LogP contribution in [0.15, 0.2) is 60.1 Å². The Morgan fingerprint density at radius 3 is 2.78 bits per heavy atom. The van der Waals surface area contributed by atoms with Crippen molar-refractivity contribution in [3.63, 3.8) is 0 Å². The molecule has 0 aliphatic heterocycles. The third-order valence-electron chi connectivity index (χ3n) is 2.94. The van der Waals surface area contributed by atoms with Crippen molar-refractivity contribution >= 4 is 35.4 Å². The molecule has 0 radical (unpaired) electrons. The van der Waals surface area contributed by atoms with Crippen molar-refractivity contribution in [1.82, 2.24) is 15.0 Å². The minimum atomic E-state index is 0.382. The van der Waals surface area contributed by atoms with Crippen LogP contribution in [0.1, 0.15) is 5.56 Å². The third kappa shape index (κ3) is 4.03. The number of halogens is 2. The molecule has 0 aliphatic rings. The molecule has 1 aromatic carbocycles. The maximum Gasteiger partial charge on any atom is 0.244 e. The molecule has 0 atom stereocenters. The molecule has 3 rings (SSSR count). The monoisotopic (exact) mass is 343 g/mol. The number of hydrogen-bond donors (Lipinski definition) is 1. The van der Waals surface area contributed by atoms with Gasteiger partial charge in [0.2, 0.25) is 5.95 Å². The van der Waals surface area contributed by atoms with Crippen LogP contribution in [0.25, 0.3) is 11.3 Å². The maximum atomic E-state index is 6.07. The molecule has 0 fully saturated rings. The van der Waals surface area contributed by atoms with Crippen LogP contribution >= 0.6 is 23.2 Å². The highest BCUT2D eigenvalue weighted by molar-refractivity contribution is 6.36. The Labute approximate surface area is 143 Å². The third-order valence-corrected chi connectivity index (χ3v) is 3.51. The fourth-order valence-electron chi connectivity index (χ4n) is 1.85. The van der Waals surface area contributed by atoms with Gasteiger partial charge in [0, 0.05) is 34.7 Å². The quantitative estimate of drug-likeness (QED) is 0.566. The number of anilines is 1. The van der Waals surface area contributed by atoms with Crippen LogP contribution < -0.4 is 5.43 Å². The van der Waals surface area contributed by atoms with E-state index < -0.39 is 0 Å². The summed E-state index contributed by atoms with van der Waals surface area (Å²) in [7, 11) is 0. The van der Waals surface area contributed by atoms with Gasteiger partial charge < -0.3 is 0 Å². The summed E-state index contributed by atoms with van der Waals surface area (Å²) < 4.78 is 0. The minimum Gasteiger partial charge on any atom is -0.264 e. The van der Waals surface area contributed by atoms with E-state index in [4.69, 9.17) is 23.2 Å². The smallest absolute Gasteiger partial charge is 0.244 e. The van der Waals surface area contributed by atoms with Crippen LogP contribution in [0.2, 0.25) is 10.0 Å². The lowest BCUT2D eigenvalue weighted by Crippen LogP contribution is -1.98. The molecular formula is C16H11Cl2N5. The summed E-state index contributed by atoms with van der Waals surface area (Å²) in [5, 5.41) is 5.19. The Morgan fingerprint density at radius 2 is 2.00 bits per heavy atom. The van der Waals surface area contributed by atoms with E-state index in [0.717, 1.165) is 16.8 Å². The van der Waals surface area contributed by atoms with Gasteiger partial charge in [0.25, 0.3) is 0 Å². The van der Waals surface area contributed by atoms with Crippen molar-refractivity contribution in [1.29, 1.82) is 0 Å². The standard InChI is InChI=1S/C16H11Cl2N5/c17-13-4-3-11(14(18)8-13)10-21-23-16-20-7-5-15(22-16)12-2-1-6-19-9-12/h1-10H,(H,20,22,23). The van der Waals surface area contributed by atoms with Crippen LogP contribution in [0.5, 0.6) is 0 Å². The van der Waals surface area contributed by atoms with Crippen molar-refractivity contribution in [2.24, 2.45) is 5.10 Å². The fraction of sp³-hybridized carbons (Fsp3) is 0. The first-order valence-electron chi connectivity index (χ1n) is 6.70. The Morgan fingerprint density at radius 1 is 1.09 bits per heavy atom. The largest absolute Gasteiger partial charge is 0.264 e. The molecule has 23 heavy (non-hydrogen) atoms. The number of pyridine rings is 1. The topological polar surface area (TPSA) is 63.1 Å². The van der Waals surface area contributed by atoms with Gasteiger partial charge in [0.1, 0.15) is 0 Å². The SMILES string of the molecule is Clc1ccc(C=NNc2nccc(-c3cccnc3)n2)c(Cl)c1. The van der Waals surface area contributed by atoms with Crippen molar-refractivity contribution < 1.29 is 0 Å². The number of aromatic nitrogens is 3. The average Bonchev–Trinajstić information content (AvgIpc) is 2.58. The normalized spacial score (nSPS) is 10.9. The van der Waals surface area contributed by atoms with Crippen LogP contribution in [0.3, 0.4) is 0 Å².